The lowest BCUT2D eigenvalue weighted by Crippen LogP contribution is -2.35. The molecule has 218 valence electrons. The van der Waals surface area contributed by atoms with Crippen LogP contribution in [0.3, 0.4) is 0 Å². The van der Waals surface area contributed by atoms with E-state index in [9.17, 15) is 17.9 Å². The van der Waals surface area contributed by atoms with E-state index in [1.807, 2.05) is 57.3 Å². The highest BCUT2D eigenvalue weighted by Gasteiger charge is 2.29. The summed E-state index contributed by atoms with van der Waals surface area (Å²) in [5, 5.41) is 10.3. The molecule has 2 heterocycles. The molecule has 1 fully saturated rings. The van der Waals surface area contributed by atoms with Crippen molar-refractivity contribution in [2.45, 2.75) is 50.5 Å². The summed E-state index contributed by atoms with van der Waals surface area (Å²) < 4.78 is 48.6. The molecule has 1 saturated heterocycles. The Kier molecular flexibility index (Phi) is 8.52. The van der Waals surface area contributed by atoms with Gasteiger partial charge in [0.1, 0.15) is 11.9 Å². The predicted molar refractivity (Wildman–Crippen MR) is 160 cm³/mol. The number of alkyl halides is 1. The number of methoxy groups -OCH3 is 1. The lowest BCUT2D eigenvalue weighted by molar-refractivity contribution is 0.167. The maximum absolute atomic E-state index is 14.1. The Balaban J connectivity index is 1.54. The average Bonchev–Trinajstić information content (AvgIpc) is 3.60. The Bertz CT molecular complexity index is 1620. The van der Waals surface area contributed by atoms with E-state index in [1.54, 1.807) is 37.6 Å². The highest BCUT2D eigenvalue weighted by Crippen LogP contribution is 2.36. The van der Waals surface area contributed by atoms with Gasteiger partial charge in [-0.15, -0.1) is 0 Å². The molecular formula is C32H38FN3O4S. The van der Waals surface area contributed by atoms with Crippen molar-refractivity contribution in [3.05, 3.63) is 94.7 Å². The number of likely N-dealkylation sites (N-methyl/N-ethyl adjacent to an activating group) is 1. The standard InChI is InChI=1S/C32H38FN3O4S/c1-22-5-11-27(12-6-22)41(38,39)36-16-14-28-29(31(40-4)17-23(2)32(28)36)19-34(3)30(20-35-15-13-26(33)18-35)25-9-7-24(21-37)8-10-25/h5-12,14,16-17,26,30,37H,13,15,18-21H2,1-4H3/t26-,30?/m1/s1. The average molecular weight is 580 g/mol. The molecule has 1 unspecified atom stereocenters. The van der Waals surface area contributed by atoms with Gasteiger partial charge in [0.05, 0.1) is 24.1 Å². The molecule has 0 amide bonds. The number of halogens is 1. The Morgan fingerprint density at radius 3 is 2.41 bits per heavy atom. The molecule has 7 nitrogen and oxygen atoms in total. The van der Waals surface area contributed by atoms with Gasteiger partial charge in [-0.05, 0) is 68.3 Å². The number of likely N-dealkylation sites (tertiary alicyclic amines) is 1. The monoisotopic (exact) mass is 579 g/mol. The van der Waals surface area contributed by atoms with Crippen molar-refractivity contribution in [2.75, 3.05) is 33.8 Å². The molecule has 0 bridgehead atoms. The number of hydrogen-bond donors (Lipinski definition) is 1. The first-order valence-electron chi connectivity index (χ1n) is 13.9. The third-order valence-electron chi connectivity index (χ3n) is 8.13. The van der Waals surface area contributed by atoms with Crippen molar-refractivity contribution < 1.29 is 22.7 Å². The van der Waals surface area contributed by atoms with Crippen LogP contribution in [-0.2, 0) is 23.2 Å². The van der Waals surface area contributed by atoms with Crippen molar-refractivity contribution in [3.63, 3.8) is 0 Å². The van der Waals surface area contributed by atoms with Gasteiger partial charge in [-0.3, -0.25) is 9.80 Å². The number of aromatic nitrogens is 1. The fraction of sp³-hybridized carbons (Fsp3) is 0.375. The van der Waals surface area contributed by atoms with Gasteiger partial charge in [0, 0.05) is 49.4 Å². The number of aliphatic hydroxyl groups excluding tert-OH is 1. The van der Waals surface area contributed by atoms with Crippen molar-refractivity contribution in [1.82, 2.24) is 13.8 Å². The lowest BCUT2D eigenvalue weighted by Gasteiger charge is -2.32. The molecule has 1 aliphatic heterocycles. The topological polar surface area (TPSA) is 75.0 Å². The molecule has 1 N–H and O–H groups in total. The van der Waals surface area contributed by atoms with Crippen molar-refractivity contribution >= 4 is 20.9 Å². The van der Waals surface area contributed by atoms with E-state index < -0.39 is 16.2 Å². The van der Waals surface area contributed by atoms with Crippen molar-refractivity contribution in [3.8, 4) is 5.75 Å². The van der Waals surface area contributed by atoms with Crippen LogP contribution in [0.4, 0.5) is 4.39 Å². The number of hydrogen-bond acceptors (Lipinski definition) is 6. The van der Waals surface area contributed by atoms with Crippen LogP contribution >= 0.6 is 0 Å². The molecule has 41 heavy (non-hydrogen) atoms. The van der Waals surface area contributed by atoms with Crippen LogP contribution in [0.5, 0.6) is 5.75 Å². The normalized spacial score (nSPS) is 17.0. The minimum Gasteiger partial charge on any atom is -0.496 e. The van der Waals surface area contributed by atoms with Crippen molar-refractivity contribution in [2.24, 2.45) is 0 Å². The number of ether oxygens (including phenoxy) is 1. The minimum atomic E-state index is -3.81. The fourth-order valence-electron chi connectivity index (χ4n) is 5.80. The fourth-order valence-corrected chi connectivity index (χ4v) is 7.21. The SMILES string of the molecule is COc1cc(C)c2c(ccn2S(=O)(=O)c2ccc(C)cc2)c1CN(C)C(CN1CC[C@@H](F)C1)c1ccc(CO)cc1. The number of fused-ring (bicyclic) bond motifs is 1. The number of aliphatic hydroxyl groups is 1. The second kappa shape index (κ2) is 11.9. The molecule has 0 aliphatic carbocycles. The van der Waals surface area contributed by atoms with Gasteiger partial charge in [0.25, 0.3) is 10.0 Å². The van der Waals surface area contributed by atoms with Gasteiger partial charge in [0.2, 0.25) is 0 Å². The van der Waals surface area contributed by atoms with Crippen LogP contribution in [0.25, 0.3) is 10.9 Å². The summed E-state index contributed by atoms with van der Waals surface area (Å²) >= 11 is 0. The second-order valence-corrected chi connectivity index (χ2v) is 12.9. The summed E-state index contributed by atoms with van der Waals surface area (Å²) in [6.07, 6.45) is 1.34. The number of aryl methyl sites for hydroxylation is 2. The van der Waals surface area contributed by atoms with Crippen LogP contribution in [0.1, 0.15) is 40.3 Å². The molecule has 1 aliphatic rings. The lowest BCUT2D eigenvalue weighted by atomic mass is 10.0. The second-order valence-electron chi connectivity index (χ2n) is 11.0. The van der Waals surface area contributed by atoms with Gasteiger partial charge in [0.15, 0.2) is 0 Å². The third kappa shape index (κ3) is 5.90. The smallest absolute Gasteiger partial charge is 0.268 e. The van der Waals surface area contributed by atoms with Crippen LogP contribution < -0.4 is 4.74 Å². The molecular weight excluding hydrogens is 541 g/mol. The Labute approximate surface area is 241 Å². The Morgan fingerprint density at radius 1 is 1.10 bits per heavy atom. The molecule has 0 radical (unpaired) electrons. The van der Waals surface area contributed by atoms with E-state index in [0.29, 0.717) is 43.9 Å². The largest absolute Gasteiger partial charge is 0.496 e. The van der Waals surface area contributed by atoms with Gasteiger partial charge in [-0.25, -0.2) is 16.8 Å². The van der Waals surface area contributed by atoms with E-state index in [2.05, 4.69) is 9.80 Å². The summed E-state index contributed by atoms with van der Waals surface area (Å²) in [6, 6.07) is 18.4. The van der Waals surface area contributed by atoms with Gasteiger partial charge < -0.3 is 9.84 Å². The summed E-state index contributed by atoms with van der Waals surface area (Å²) in [5.74, 6) is 0.687. The quantitative estimate of drug-likeness (QED) is 0.278. The zero-order valence-corrected chi connectivity index (χ0v) is 24.9. The summed E-state index contributed by atoms with van der Waals surface area (Å²) in [4.78, 5) is 4.59. The number of rotatable bonds is 10. The highest BCUT2D eigenvalue weighted by atomic mass is 32.2. The third-order valence-corrected chi connectivity index (χ3v) is 9.82. The first-order chi connectivity index (χ1) is 19.6. The van der Waals surface area contributed by atoms with Crippen LogP contribution in [-0.4, -0.2) is 67.3 Å². The highest BCUT2D eigenvalue weighted by molar-refractivity contribution is 7.90. The van der Waals surface area contributed by atoms with E-state index in [-0.39, 0.29) is 17.5 Å². The zero-order valence-electron chi connectivity index (χ0n) is 24.0. The molecule has 5 rings (SSSR count). The summed E-state index contributed by atoms with van der Waals surface area (Å²) in [5.41, 5.74) is 5.19. The molecule has 9 heteroatoms. The van der Waals surface area contributed by atoms with E-state index in [1.165, 1.54) is 3.97 Å². The van der Waals surface area contributed by atoms with Crippen LogP contribution in [0.15, 0.2) is 71.8 Å². The van der Waals surface area contributed by atoms with Crippen LogP contribution in [0.2, 0.25) is 0 Å². The number of nitrogens with zero attached hydrogens (tertiary/aromatic N) is 3. The van der Waals surface area contributed by atoms with E-state index in [0.717, 1.165) is 33.2 Å². The van der Waals surface area contributed by atoms with Gasteiger partial charge in [-0.2, -0.15) is 0 Å². The first-order valence-corrected chi connectivity index (χ1v) is 15.3. The number of benzene rings is 3. The van der Waals surface area contributed by atoms with Gasteiger partial charge in [-0.1, -0.05) is 42.0 Å². The zero-order chi connectivity index (χ0) is 29.3. The molecule has 4 aromatic rings. The molecule has 2 atom stereocenters. The molecule has 3 aromatic carbocycles. The maximum atomic E-state index is 14.1. The van der Waals surface area contributed by atoms with Crippen molar-refractivity contribution in [1.29, 1.82) is 0 Å². The minimum absolute atomic E-state index is 0.0303. The molecule has 0 saturated carbocycles. The predicted octanol–water partition coefficient (Wildman–Crippen LogP) is 5.21. The maximum Gasteiger partial charge on any atom is 0.268 e. The Hall–Kier alpha value is -3.24. The molecule has 1 aromatic heterocycles. The Morgan fingerprint density at radius 2 is 1.80 bits per heavy atom. The van der Waals surface area contributed by atoms with E-state index in [4.69, 9.17) is 4.74 Å². The molecule has 0 spiro atoms. The van der Waals surface area contributed by atoms with Gasteiger partial charge >= 0.3 is 0 Å². The van der Waals surface area contributed by atoms with Crippen LogP contribution in [0, 0.1) is 13.8 Å². The first kappa shape index (κ1) is 29.3. The van der Waals surface area contributed by atoms with E-state index >= 15 is 0 Å². The summed E-state index contributed by atoms with van der Waals surface area (Å²) in [6.45, 7) is 6.04. The summed E-state index contributed by atoms with van der Waals surface area (Å²) in [7, 11) is -0.161.